The van der Waals surface area contributed by atoms with Gasteiger partial charge in [-0.3, -0.25) is 4.79 Å². The lowest BCUT2D eigenvalue weighted by atomic mass is 10.1. The van der Waals surface area contributed by atoms with Crippen molar-refractivity contribution in [2.45, 2.75) is 0 Å². The van der Waals surface area contributed by atoms with Crippen molar-refractivity contribution in [1.82, 2.24) is 5.16 Å². The minimum Gasteiger partial charge on any atom is -0.493 e. The molecule has 6 nitrogen and oxygen atoms in total. The first-order chi connectivity index (χ1) is 12.1. The SMILES string of the molecule is COc1ccc(NC(=O)c2cc(-c3ccccc3F)no2)cc1OC. The van der Waals surface area contributed by atoms with E-state index in [9.17, 15) is 9.18 Å². The van der Waals surface area contributed by atoms with Crippen molar-refractivity contribution in [3.63, 3.8) is 0 Å². The fourth-order valence-electron chi connectivity index (χ4n) is 2.28. The summed E-state index contributed by atoms with van der Waals surface area (Å²) in [4.78, 5) is 12.3. The van der Waals surface area contributed by atoms with E-state index < -0.39 is 11.7 Å². The van der Waals surface area contributed by atoms with Gasteiger partial charge in [0.15, 0.2) is 11.5 Å². The summed E-state index contributed by atoms with van der Waals surface area (Å²) in [5, 5.41) is 6.41. The lowest BCUT2D eigenvalue weighted by molar-refractivity contribution is 0.0988. The third-order valence-electron chi connectivity index (χ3n) is 3.53. The fourth-order valence-corrected chi connectivity index (χ4v) is 2.28. The molecule has 3 rings (SSSR count). The van der Waals surface area contributed by atoms with Gasteiger partial charge in [-0.15, -0.1) is 0 Å². The molecule has 1 aromatic heterocycles. The normalized spacial score (nSPS) is 10.4. The Morgan fingerprint density at radius 3 is 2.56 bits per heavy atom. The average Bonchev–Trinajstić information content (AvgIpc) is 3.12. The van der Waals surface area contributed by atoms with E-state index in [1.54, 1.807) is 36.4 Å². The highest BCUT2D eigenvalue weighted by Crippen LogP contribution is 2.30. The van der Waals surface area contributed by atoms with Crippen LogP contribution in [-0.2, 0) is 0 Å². The van der Waals surface area contributed by atoms with E-state index in [4.69, 9.17) is 14.0 Å². The van der Waals surface area contributed by atoms with Gasteiger partial charge in [0.25, 0.3) is 5.91 Å². The van der Waals surface area contributed by atoms with Crippen LogP contribution in [0.15, 0.2) is 53.1 Å². The van der Waals surface area contributed by atoms with Gasteiger partial charge >= 0.3 is 0 Å². The van der Waals surface area contributed by atoms with Gasteiger partial charge in [0, 0.05) is 23.4 Å². The molecular weight excluding hydrogens is 327 g/mol. The molecule has 0 saturated heterocycles. The van der Waals surface area contributed by atoms with Crippen LogP contribution < -0.4 is 14.8 Å². The van der Waals surface area contributed by atoms with Gasteiger partial charge in [-0.25, -0.2) is 4.39 Å². The number of carbonyl (C=O) groups is 1. The van der Waals surface area contributed by atoms with Gasteiger partial charge in [0.2, 0.25) is 5.76 Å². The zero-order chi connectivity index (χ0) is 17.8. The van der Waals surface area contributed by atoms with E-state index in [0.717, 1.165) is 0 Å². The minimum absolute atomic E-state index is 0.0342. The molecule has 0 aliphatic carbocycles. The van der Waals surface area contributed by atoms with Crippen LogP contribution in [0.2, 0.25) is 0 Å². The Balaban J connectivity index is 1.80. The molecule has 0 unspecified atom stereocenters. The summed E-state index contributed by atoms with van der Waals surface area (Å²) in [6, 6.07) is 12.4. The number of rotatable bonds is 5. The Kier molecular flexibility index (Phi) is 4.65. The number of benzene rings is 2. The largest absolute Gasteiger partial charge is 0.493 e. The molecule has 0 radical (unpaired) electrons. The highest BCUT2D eigenvalue weighted by molar-refractivity contribution is 6.02. The molecule has 1 N–H and O–H groups in total. The van der Waals surface area contributed by atoms with E-state index in [1.165, 1.54) is 26.4 Å². The molecule has 128 valence electrons. The summed E-state index contributed by atoms with van der Waals surface area (Å²) in [6.07, 6.45) is 0. The van der Waals surface area contributed by atoms with Gasteiger partial charge in [0.05, 0.1) is 14.2 Å². The molecule has 0 bridgehead atoms. The zero-order valence-electron chi connectivity index (χ0n) is 13.6. The van der Waals surface area contributed by atoms with Crippen LogP contribution in [0.4, 0.5) is 10.1 Å². The second-order valence-corrected chi connectivity index (χ2v) is 5.08. The molecule has 0 fully saturated rings. The third kappa shape index (κ3) is 3.45. The van der Waals surface area contributed by atoms with Crippen LogP contribution in [-0.4, -0.2) is 25.3 Å². The van der Waals surface area contributed by atoms with Crippen molar-refractivity contribution in [3.05, 3.63) is 60.1 Å². The number of ether oxygens (including phenoxy) is 2. The number of nitrogens with zero attached hydrogens (tertiary/aromatic N) is 1. The molecule has 0 saturated carbocycles. The molecule has 1 amide bonds. The first-order valence-corrected chi connectivity index (χ1v) is 7.37. The smallest absolute Gasteiger partial charge is 0.294 e. The summed E-state index contributed by atoms with van der Waals surface area (Å²) in [5.74, 6) is 0.0323. The molecule has 0 spiro atoms. The molecule has 1 heterocycles. The highest BCUT2D eigenvalue weighted by atomic mass is 19.1. The minimum atomic E-state index is -0.512. The van der Waals surface area contributed by atoms with E-state index in [1.807, 2.05) is 0 Å². The van der Waals surface area contributed by atoms with E-state index >= 15 is 0 Å². The van der Waals surface area contributed by atoms with Crippen LogP contribution in [0, 0.1) is 5.82 Å². The molecule has 0 atom stereocenters. The van der Waals surface area contributed by atoms with Crippen molar-refractivity contribution in [2.24, 2.45) is 0 Å². The number of anilines is 1. The predicted octanol–water partition coefficient (Wildman–Crippen LogP) is 3.75. The number of methoxy groups -OCH3 is 2. The Hall–Kier alpha value is -3.35. The number of carbonyl (C=O) groups excluding carboxylic acids is 1. The fraction of sp³-hybridized carbons (Fsp3) is 0.111. The Labute approximate surface area is 143 Å². The molecule has 0 aliphatic rings. The molecule has 25 heavy (non-hydrogen) atoms. The maximum absolute atomic E-state index is 13.8. The van der Waals surface area contributed by atoms with Crippen LogP contribution >= 0.6 is 0 Å². The number of amides is 1. The van der Waals surface area contributed by atoms with Gasteiger partial charge < -0.3 is 19.3 Å². The highest BCUT2D eigenvalue weighted by Gasteiger charge is 2.16. The summed E-state index contributed by atoms with van der Waals surface area (Å²) < 4.78 is 29.1. The van der Waals surface area contributed by atoms with Crippen molar-refractivity contribution in [1.29, 1.82) is 0 Å². The lowest BCUT2D eigenvalue weighted by Gasteiger charge is -2.09. The Bertz CT molecular complexity index is 908. The molecule has 7 heteroatoms. The zero-order valence-corrected chi connectivity index (χ0v) is 13.6. The van der Waals surface area contributed by atoms with Gasteiger partial charge in [-0.05, 0) is 24.3 Å². The van der Waals surface area contributed by atoms with Gasteiger partial charge in [-0.2, -0.15) is 0 Å². The van der Waals surface area contributed by atoms with Gasteiger partial charge in [0.1, 0.15) is 11.5 Å². The molecule has 3 aromatic rings. The van der Waals surface area contributed by atoms with Crippen LogP contribution in [0.3, 0.4) is 0 Å². The van der Waals surface area contributed by atoms with Crippen molar-refractivity contribution in [2.75, 3.05) is 19.5 Å². The van der Waals surface area contributed by atoms with Crippen LogP contribution in [0.1, 0.15) is 10.6 Å². The summed E-state index contributed by atoms with van der Waals surface area (Å²) in [5.41, 5.74) is 0.999. The topological polar surface area (TPSA) is 73.6 Å². The number of hydrogen-bond donors (Lipinski definition) is 1. The number of nitrogens with one attached hydrogen (secondary N) is 1. The van der Waals surface area contributed by atoms with E-state index in [2.05, 4.69) is 10.5 Å². The second-order valence-electron chi connectivity index (χ2n) is 5.08. The quantitative estimate of drug-likeness (QED) is 0.764. The average molecular weight is 342 g/mol. The van der Waals surface area contributed by atoms with Crippen molar-refractivity contribution in [3.8, 4) is 22.8 Å². The monoisotopic (exact) mass is 342 g/mol. The molecule has 2 aromatic carbocycles. The van der Waals surface area contributed by atoms with Crippen molar-refractivity contribution < 1.29 is 23.2 Å². The summed E-state index contributed by atoms with van der Waals surface area (Å²) >= 11 is 0. The summed E-state index contributed by atoms with van der Waals surface area (Å²) in [6.45, 7) is 0. The maximum Gasteiger partial charge on any atom is 0.294 e. The number of halogens is 1. The molecule has 0 aliphatic heterocycles. The van der Waals surface area contributed by atoms with Crippen molar-refractivity contribution >= 4 is 11.6 Å². The predicted molar refractivity (Wildman–Crippen MR) is 89.4 cm³/mol. The maximum atomic E-state index is 13.8. The first-order valence-electron chi connectivity index (χ1n) is 7.37. The standard InChI is InChI=1S/C18H15FN2O4/c1-23-15-8-7-11(9-16(15)24-2)20-18(22)17-10-14(21-25-17)12-5-3-4-6-13(12)19/h3-10H,1-2H3,(H,20,22). The van der Waals surface area contributed by atoms with Gasteiger partial charge in [-0.1, -0.05) is 17.3 Å². The molecular formula is C18H15FN2O4. The summed E-state index contributed by atoms with van der Waals surface area (Å²) in [7, 11) is 3.02. The Morgan fingerprint density at radius 2 is 1.84 bits per heavy atom. The lowest BCUT2D eigenvalue weighted by Crippen LogP contribution is -2.11. The number of hydrogen-bond acceptors (Lipinski definition) is 5. The number of aromatic nitrogens is 1. The second kappa shape index (κ2) is 7.04. The first kappa shape index (κ1) is 16.5. The van der Waals surface area contributed by atoms with Crippen LogP contribution in [0.5, 0.6) is 11.5 Å². The third-order valence-corrected chi connectivity index (χ3v) is 3.53. The van der Waals surface area contributed by atoms with Crippen LogP contribution in [0.25, 0.3) is 11.3 Å². The van der Waals surface area contributed by atoms with E-state index in [0.29, 0.717) is 17.2 Å². The van der Waals surface area contributed by atoms with E-state index in [-0.39, 0.29) is 17.0 Å². The Morgan fingerprint density at radius 1 is 1.08 bits per heavy atom.